The maximum atomic E-state index is 8.79. The maximum absolute atomic E-state index is 8.79. The zero-order chi connectivity index (χ0) is 15.5. The lowest BCUT2D eigenvalue weighted by Crippen LogP contribution is -1.95. The highest BCUT2D eigenvalue weighted by atomic mass is 16.5. The number of imidazole rings is 1. The van der Waals surface area contributed by atoms with Gasteiger partial charge in [-0.15, -0.1) is 0 Å². The Morgan fingerprint density at radius 2 is 1.95 bits per heavy atom. The molecule has 0 aliphatic carbocycles. The molecule has 0 atom stereocenters. The van der Waals surface area contributed by atoms with Crippen LogP contribution in [0.4, 0.5) is 0 Å². The Labute approximate surface area is 129 Å². The van der Waals surface area contributed by atoms with Crippen LogP contribution >= 0.6 is 0 Å². The number of nitrogens with zero attached hydrogens (tertiary/aromatic N) is 2. The molecule has 0 spiro atoms. The molecule has 0 aliphatic rings. The zero-order valence-electron chi connectivity index (χ0n) is 12.6. The molecule has 0 radical (unpaired) electrons. The Hall–Kier alpha value is -2.80. The average molecular weight is 291 g/mol. The summed E-state index contributed by atoms with van der Waals surface area (Å²) in [6.07, 6.45) is 0. The average Bonchev–Trinajstić information content (AvgIpc) is 2.97. The molecule has 0 amide bonds. The Morgan fingerprint density at radius 3 is 2.64 bits per heavy atom. The van der Waals surface area contributed by atoms with Crippen molar-refractivity contribution in [1.82, 2.24) is 9.97 Å². The highest BCUT2D eigenvalue weighted by Gasteiger charge is 2.07. The first kappa shape index (κ1) is 14.2. The van der Waals surface area contributed by atoms with Gasteiger partial charge in [0.1, 0.15) is 18.2 Å². The van der Waals surface area contributed by atoms with E-state index in [1.165, 1.54) is 0 Å². The minimum Gasteiger partial charge on any atom is -0.489 e. The summed E-state index contributed by atoms with van der Waals surface area (Å²) >= 11 is 0. The second-order valence-electron chi connectivity index (χ2n) is 5.55. The number of aromatic nitrogens is 2. The van der Waals surface area contributed by atoms with Crippen LogP contribution in [-0.4, -0.2) is 9.97 Å². The second kappa shape index (κ2) is 5.90. The van der Waals surface area contributed by atoms with Crippen molar-refractivity contribution in [1.29, 1.82) is 5.26 Å². The van der Waals surface area contributed by atoms with Crippen molar-refractivity contribution in [2.75, 3.05) is 0 Å². The van der Waals surface area contributed by atoms with Gasteiger partial charge in [-0.1, -0.05) is 26.0 Å². The van der Waals surface area contributed by atoms with Gasteiger partial charge in [0.15, 0.2) is 0 Å². The van der Waals surface area contributed by atoms with Crippen molar-refractivity contribution in [2.24, 2.45) is 0 Å². The summed E-state index contributed by atoms with van der Waals surface area (Å²) in [7, 11) is 0. The van der Waals surface area contributed by atoms with Crippen molar-refractivity contribution >= 4 is 11.0 Å². The summed E-state index contributed by atoms with van der Waals surface area (Å²) in [6, 6.07) is 15.4. The Morgan fingerprint density at radius 1 is 1.18 bits per heavy atom. The van der Waals surface area contributed by atoms with Gasteiger partial charge in [0, 0.05) is 12.0 Å². The van der Waals surface area contributed by atoms with Gasteiger partial charge in [-0.25, -0.2) is 4.98 Å². The minimum atomic E-state index is 0.371. The molecule has 3 rings (SSSR count). The Bertz CT molecular complexity index is 826. The fourth-order valence-electron chi connectivity index (χ4n) is 2.21. The van der Waals surface area contributed by atoms with Gasteiger partial charge >= 0.3 is 0 Å². The minimum absolute atomic E-state index is 0.371. The summed E-state index contributed by atoms with van der Waals surface area (Å²) in [4.78, 5) is 7.87. The van der Waals surface area contributed by atoms with Crippen LogP contribution in [-0.2, 0) is 6.61 Å². The number of hydrogen-bond acceptors (Lipinski definition) is 3. The van der Waals surface area contributed by atoms with Gasteiger partial charge in [0.2, 0.25) is 0 Å². The van der Waals surface area contributed by atoms with E-state index in [2.05, 4.69) is 29.9 Å². The monoisotopic (exact) mass is 291 g/mol. The molecule has 1 N–H and O–H groups in total. The third-order valence-corrected chi connectivity index (χ3v) is 3.51. The smallest absolute Gasteiger partial charge is 0.122 e. The van der Waals surface area contributed by atoms with Crippen LogP contribution in [0.1, 0.15) is 36.7 Å². The van der Waals surface area contributed by atoms with Crippen molar-refractivity contribution < 1.29 is 4.74 Å². The number of nitrogens with one attached hydrogen (secondary N) is 1. The number of rotatable bonds is 4. The van der Waals surface area contributed by atoms with Crippen LogP contribution in [0.25, 0.3) is 11.0 Å². The van der Waals surface area contributed by atoms with Crippen molar-refractivity contribution in [3.63, 3.8) is 0 Å². The van der Waals surface area contributed by atoms with E-state index in [-0.39, 0.29) is 0 Å². The molecular formula is C18H17N3O. The molecule has 2 aromatic carbocycles. The van der Waals surface area contributed by atoms with E-state index in [1.807, 2.05) is 30.3 Å². The predicted molar refractivity (Wildman–Crippen MR) is 85.7 cm³/mol. The quantitative estimate of drug-likeness (QED) is 0.786. The summed E-state index contributed by atoms with van der Waals surface area (Å²) < 4.78 is 5.81. The van der Waals surface area contributed by atoms with Gasteiger partial charge in [-0.3, -0.25) is 0 Å². The fourth-order valence-corrected chi connectivity index (χ4v) is 2.21. The third-order valence-electron chi connectivity index (χ3n) is 3.51. The van der Waals surface area contributed by atoms with Crippen LogP contribution in [0.2, 0.25) is 0 Å². The number of fused-ring (bicyclic) bond motifs is 1. The van der Waals surface area contributed by atoms with Gasteiger partial charge < -0.3 is 9.72 Å². The van der Waals surface area contributed by atoms with Gasteiger partial charge in [-0.2, -0.15) is 5.26 Å². The molecule has 0 aliphatic heterocycles. The van der Waals surface area contributed by atoms with Crippen LogP contribution in [0.5, 0.6) is 5.75 Å². The molecule has 0 saturated heterocycles. The van der Waals surface area contributed by atoms with E-state index in [9.17, 15) is 0 Å². The van der Waals surface area contributed by atoms with Crippen LogP contribution < -0.4 is 4.74 Å². The molecule has 1 heterocycles. The normalized spacial score (nSPS) is 10.8. The van der Waals surface area contributed by atoms with Gasteiger partial charge in [-0.05, 0) is 29.8 Å². The largest absolute Gasteiger partial charge is 0.489 e. The Kier molecular flexibility index (Phi) is 3.80. The fraction of sp³-hybridized carbons (Fsp3) is 0.222. The van der Waals surface area contributed by atoms with E-state index in [4.69, 9.17) is 10.00 Å². The summed E-state index contributed by atoms with van der Waals surface area (Å²) in [6.45, 7) is 4.70. The molecule has 110 valence electrons. The molecule has 0 fully saturated rings. The van der Waals surface area contributed by atoms with Crippen LogP contribution in [0.3, 0.4) is 0 Å². The number of H-pyrrole nitrogens is 1. The molecule has 4 nitrogen and oxygen atoms in total. The first-order chi connectivity index (χ1) is 10.7. The second-order valence-corrected chi connectivity index (χ2v) is 5.55. The topological polar surface area (TPSA) is 61.7 Å². The van der Waals surface area contributed by atoms with E-state index < -0.39 is 0 Å². The molecule has 4 heteroatoms. The SMILES string of the molecule is CC(C)c1nc2ccc(OCc3ccc(C#N)cc3)cc2[nH]1. The first-order valence-corrected chi connectivity index (χ1v) is 7.27. The lowest BCUT2D eigenvalue weighted by Gasteiger charge is -2.06. The number of hydrogen-bond donors (Lipinski definition) is 1. The molecule has 3 aromatic rings. The zero-order valence-corrected chi connectivity index (χ0v) is 12.6. The van der Waals surface area contributed by atoms with Gasteiger partial charge in [0.05, 0.1) is 22.7 Å². The highest BCUT2D eigenvalue weighted by Crippen LogP contribution is 2.22. The Balaban J connectivity index is 1.74. The third kappa shape index (κ3) is 2.94. The van der Waals surface area contributed by atoms with E-state index in [0.717, 1.165) is 28.2 Å². The maximum Gasteiger partial charge on any atom is 0.122 e. The molecule has 22 heavy (non-hydrogen) atoms. The first-order valence-electron chi connectivity index (χ1n) is 7.27. The molecule has 0 saturated carbocycles. The lowest BCUT2D eigenvalue weighted by atomic mass is 10.1. The number of ether oxygens (including phenoxy) is 1. The summed E-state index contributed by atoms with van der Waals surface area (Å²) in [5.74, 6) is 2.16. The predicted octanol–water partition coefficient (Wildman–Crippen LogP) is 4.14. The number of benzene rings is 2. The van der Waals surface area contributed by atoms with E-state index in [0.29, 0.717) is 18.1 Å². The standard InChI is InChI=1S/C18H17N3O/c1-12(2)18-20-16-8-7-15(9-17(16)21-18)22-11-14-5-3-13(10-19)4-6-14/h3-9,12H,11H2,1-2H3,(H,20,21). The van der Waals surface area contributed by atoms with E-state index >= 15 is 0 Å². The molecule has 1 aromatic heterocycles. The number of nitriles is 1. The highest BCUT2D eigenvalue weighted by molar-refractivity contribution is 5.76. The number of aromatic amines is 1. The van der Waals surface area contributed by atoms with Crippen LogP contribution in [0, 0.1) is 11.3 Å². The molecule has 0 bridgehead atoms. The van der Waals surface area contributed by atoms with Crippen molar-refractivity contribution in [2.45, 2.75) is 26.4 Å². The van der Waals surface area contributed by atoms with Gasteiger partial charge in [0.25, 0.3) is 0 Å². The lowest BCUT2D eigenvalue weighted by molar-refractivity contribution is 0.306. The van der Waals surface area contributed by atoms with Crippen molar-refractivity contribution in [3.05, 3.63) is 59.4 Å². The van der Waals surface area contributed by atoms with Crippen LogP contribution in [0.15, 0.2) is 42.5 Å². The van der Waals surface area contributed by atoms with Crippen molar-refractivity contribution in [3.8, 4) is 11.8 Å². The summed E-state index contributed by atoms with van der Waals surface area (Å²) in [5, 5.41) is 8.79. The molecule has 0 unspecified atom stereocenters. The molecular weight excluding hydrogens is 274 g/mol. The summed E-state index contributed by atoms with van der Waals surface area (Å²) in [5.41, 5.74) is 3.63. The van der Waals surface area contributed by atoms with E-state index in [1.54, 1.807) is 12.1 Å².